The first-order chi connectivity index (χ1) is 11.5. The smallest absolute Gasteiger partial charge is 0.371 e. The molecule has 1 fully saturated rings. The monoisotopic (exact) mass is 361 g/mol. The molecule has 1 aromatic carbocycles. The van der Waals surface area contributed by atoms with Crippen LogP contribution in [0.3, 0.4) is 0 Å². The second kappa shape index (κ2) is 7.10. The largest absolute Gasteiger partial charge is 0.411 e. The molecule has 24 heavy (non-hydrogen) atoms. The molecule has 3 rings (SSSR count). The molecule has 1 heterocycles. The van der Waals surface area contributed by atoms with Crippen LogP contribution >= 0.6 is 11.8 Å². The maximum absolute atomic E-state index is 14.0. The number of halogens is 4. The number of nitrogens with zero attached hydrogens (tertiary/aromatic N) is 3. The fraction of sp³-hybridized carbons (Fsp3) is 0.467. The van der Waals surface area contributed by atoms with Crippen molar-refractivity contribution in [2.24, 2.45) is 0 Å². The Kier molecular flexibility index (Phi) is 5.09. The lowest BCUT2D eigenvalue weighted by molar-refractivity contribution is -0.172. The van der Waals surface area contributed by atoms with Crippen LogP contribution < -0.4 is 0 Å². The van der Waals surface area contributed by atoms with Crippen LogP contribution in [0.2, 0.25) is 0 Å². The topological polar surface area (TPSA) is 39.9 Å². The van der Waals surface area contributed by atoms with Crippen LogP contribution in [0.15, 0.2) is 29.4 Å². The summed E-state index contributed by atoms with van der Waals surface area (Å²) in [7, 11) is 0. The van der Waals surface area contributed by atoms with Crippen LogP contribution in [0.1, 0.15) is 18.9 Å². The van der Waals surface area contributed by atoms with Crippen molar-refractivity contribution < 1.29 is 22.3 Å². The van der Waals surface area contributed by atoms with E-state index in [0.717, 1.165) is 12.8 Å². The summed E-state index contributed by atoms with van der Waals surface area (Å²) in [6.45, 7) is -1.31. The Bertz CT molecular complexity index is 700. The third-order valence-corrected chi connectivity index (χ3v) is 4.32. The van der Waals surface area contributed by atoms with E-state index < -0.39 is 12.8 Å². The summed E-state index contributed by atoms with van der Waals surface area (Å²) >= 11 is 1.26. The van der Waals surface area contributed by atoms with Crippen LogP contribution in [0.5, 0.6) is 0 Å². The summed E-state index contributed by atoms with van der Waals surface area (Å²) in [5.41, 5.74) is 0.372. The number of hydrogen-bond donors (Lipinski definition) is 0. The Hall–Kier alpha value is -1.61. The van der Waals surface area contributed by atoms with Gasteiger partial charge in [-0.15, -0.1) is 10.2 Å². The molecule has 0 aliphatic heterocycles. The van der Waals surface area contributed by atoms with E-state index in [2.05, 4.69) is 14.9 Å². The Balaban J connectivity index is 1.68. The van der Waals surface area contributed by atoms with Gasteiger partial charge in [0.25, 0.3) is 0 Å². The predicted molar refractivity (Wildman–Crippen MR) is 81.3 cm³/mol. The molecule has 4 nitrogen and oxygen atoms in total. The number of hydrogen-bond acceptors (Lipinski definition) is 4. The Labute approximate surface area is 140 Å². The average Bonchev–Trinajstić information content (AvgIpc) is 3.27. The fourth-order valence-electron chi connectivity index (χ4n) is 2.24. The standard InChI is InChI=1S/C15H15F4N3OS/c16-12-4-2-1-3-11(12)13-20-21-14(22(13)10-5-6-10)24-8-7-23-9-15(17,18)19/h1-4,10H,5-9H2. The predicted octanol–water partition coefficient (Wildman–Crippen LogP) is 4.09. The van der Waals surface area contributed by atoms with Crippen molar-refractivity contribution in [1.29, 1.82) is 0 Å². The average molecular weight is 361 g/mol. The molecule has 130 valence electrons. The van der Waals surface area contributed by atoms with Gasteiger partial charge in [-0.05, 0) is 25.0 Å². The molecule has 0 N–H and O–H groups in total. The minimum Gasteiger partial charge on any atom is -0.371 e. The van der Waals surface area contributed by atoms with E-state index in [1.807, 2.05) is 4.57 Å². The molecule has 1 aromatic heterocycles. The summed E-state index contributed by atoms with van der Waals surface area (Å²) in [5, 5.41) is 8.73. The van der Waals surface area contributed by atoms with Crippen molar-refractivity contribution in [3.63, 3.8) is 0 Å². The zero-order valence-corrected chi connectivity index (χ0v) is 13.4. The van der Waals surface area contributed by atoms with Gasteiger partial charge in [0, 0.05) is 11.8 Å². The van der Waals surface area contributed by atoms with E-state index in [0.29, 0.717) is 22.3 Å². The van der Waals surface area contributed by atoms with Crippen LogP contribution in [0.4, 0.5) is 17.6 Å². The SMILES string of the molecule is Fc1ccccc1-c1nnc(SCCOCC(F)(F)F)n1C1CC1. The second-order valence-corrected chi connectivity index (χ2v) is 6.47. The molecular weight excluding hydrogens is 346 g/mol. The van der Waals surface area contributed by atoms with Gasteiger partial charge in [0.15, 0.2) is 11.0 Å². The summed E-state index contributed by atoms with van der Waals surface area (Å²) in [5.74, 6) is 0.393. The first-order valence-corrected chi connectivity index (χ1v) is 8.41. The van der Waals surface area contributed by atoms with Crippen LogP contribution in [0, 0.1) is 5.82 Å². The van der Waals surface area contributed by atoms with E-state index in [1.54, 1.807) is 18.2 Å². The third kappa shape index (κ3) is 4.27. The maximum atomic E-state index is 14.0. The first-order valence-electron chi connectivity index (χ1n) is 7.43. The minimum absolute atomic E-state index is 0.0449. The Morgan fingerprint density at radius 3 is 2.62 bits per heavy atom. The lowest BCUT2D eigenvalue weighted by atomic mass is 10.2. The molecule has 0 bridgehead atoms. The van der Waals surface area contributed by atoms with E-state index >= 15 is 0 Å². The molecule has 0 atom stereocenters. The molecule has 1 aliphatic carbocycles. The van der Waals surface area contributed by atoms with Gasteiger partial charge < -0.3 is 4.74 Å². The van der Waals surface area contributed by atoms with E-state index in [-0.39, 0.29) is 18.5 Å². The van der Waals surface area contributed by atoms with Gasteiger partial charge in [-0.2, -0.15) is 13.2 Å². The number of ether oxygens (including phenoxy) is 1. The van der Waals surface area contributed by atoms with Crippen molar-refractivity contribution in [1.82, 2.24) is 14.8 Å². The van der Waals surface area contributed by atoms with Crippen LogP contribution in [0.25, 0.3) is 11.4 Å². The number of thioether (sulfide) groups is 1. The number of rotatable bonds is 7. The molecule has 1 aliphatic rings. The zero-order valence-electron chi connectivity index (χ0n) is 12.6. The van der Waals surface area contributed by atoms with E-state index in [1.165, 1.54) is 17.8 Å². The lowest BCUT2D eigenvalue weighted by Gasteiger charge is -2.10. The molecule has 0 spiro atoms. The van der Waals surface area contributed by atoms with Crippen molar-refractivity contribution in [3.05, 3.63) is 30.1 Å². The quantitative estimate of drug-likeness (QED) is 0.423. The van der Waals surface area contributed by atoms with Gasteiger partial charge in [0.1, 0.15) is 12.4 Å². The Morgan fingerprint density at radius 2 is 1.96 bits per heavy atom. The zero-order chi connectivity index (χ0) is 17.2. The van der Waals surface area contributed by atoms with Crippen molar-refractivity contribution in [3.8, 4) is 11.4 Å². The molecule has 1 saturated carbocycles. The minimum atomic E-state index is -4.32. The molecule has 0 radical (unpaired) electrons. The fourth-order valence-corrected chi connectivity index (χ4v) is 3.10. The third-order valence-electron chi connectivity index (χ3n) is 3.42. The van der Waals surface area contributed by atoms with E-state index in [4.69, 9.17) is 0 Å². The number of aromatic nitrogens is 3. The van der Waals surface area contributed by atoms with Gasteiger partial charge in [-0.25, -0.2) is 4.39 Å². The van der Waals surface area contributed by atoms with Crippen molar-refractivity contribution in [2.75, 3.05) is 19.0 Å². The lowest BCUT2D eigenvalue weighted by Crippen LogP contribution is -2.18. The van der Waals surface area contributed by atoms with Gasteiger partial charge in [0.2, 0.25) is 0 Å². The summed E-state index contributed by atoms with van der Waals surface area (Å²) in [6, 6.07) is 6.54. The molecule has 9 heteroatoms. The van der Waals surface area contributed by atoms with Gasteiger partial charge in [-0.3, -0.25) is 4.57 Å². The normalized spacial score (nSPS) is 15.0. The van der Waals surface area contributed by atoms with Crippen LogP contribution in [-0.4, -0.2) is 39.9 Å². The number of alkyl halides is 3. The maximum Gasteiger partial charge on any atom is 0.411 e. The molecular formula is C15H15F4N3OS. The molecule has 0 amide bonds. The van der Waals surface area contributed by atoms with Crippen LogP contribution in [-0.2, 0) is 4.74 Å². The highest BCUT2D eigenvalue weighted by atomic mass is 32.2. The summed E-state index contributed by atoms with van der Waals surface area (Å²) in [6.07, 6.45) is -2.41. The van der Waals surface area contributed by atoms with E-state index in [9.17, 15) is 17.6 Å². The molecule has 0 saturated heterocycles. The summed E-state index contributed by atoms with van der Waals surface area (Å²) < 4.78 is 56.5. The Morgan fingerprint density at radius 1 is 1.21 bits per heavy atom. The van der Waals surface area contributed by atoms with Gasteiger partial charge in [0.05, 0.1) is 12.2 Å². The second-order valence-electron chi connectivity index (χ2n) is 5.40. The first kappa shape index (κ1) is 17.2. The molecule has 2 aromatic rings. The molecule has 0 unspecified atom stereocenters. The highest BCUT2D eigenvalue weighted by Crippen LogP contribution is 2.41. The highest BCUT2D eigenvalue weighted by molar-refractivity contribution is 7.99. The van der Waals surface area contributed by atoms with Crippen molar-refractivity contribution in [2.45, 2.75) is 30.2 Å². The highest BCUT2D eigenvalue weighted by Gasteiger charge is 2.31. The van der Waals surface area contributed by atoms with Crippen molar-refractivity contribution >= 4 is 11.8 Å². The van der Waals surface area contributed by atoms with Gasteiger partial charge >= 0.3 is 6.18 Å². The number of benzene rings is 1. The van der Waals surface area contributed by atoms with Gasteiger partial charge in [-0.1, -0.05) is 23.9 Å². The summed E-state index contributed by atoms with van der Waals surface area (Å²) in [4.78, 5) is 0.